The molecule has 2 aromatic heterocycles. The van der Waals surface area contributed by atoms with Gasteiger partial charge in [0.15, 0.2) is 5.82 Å². The summed E-state index contributed by atoms with van der Waals surface area (Å²) in [5.41, 5.74) is 0.237. The topological polar surface area (TPSA) is 88.8 Å². The van der Waals surface area contributed by atoms with Gasteiger partial charge in [-0.3, -0.25) is 0 Å². The maximum atomic E-state index is 15.4. The Morgan fingerprint density at radius 3 is 2.69 bits per heavy atom. The number of hydrogen-bond acceptors (Lipinski definition) is 6. The molecule has 0 amide bonds. The van der Waals surface area contributed by atoms with E-state index in [0.717, 1.165) is 5.69 Å². The summed E-state index contributed by atoms with van der Waals surface area (Å²) in [4.78, 5) is 8.31. The maximum Gasteiger partial charge on any atom is 0.185 e. The maximum absolute atomic E-state index is 15.4. The Balaban J connectivity index is 1.39. The van der Waals surface area contributed by atoms with Crippen LogP contribution in [0.4, 0.5) is 8.78 Å². The minimum Gasteiger partial charge on any atom is -0.507 e. The van der Waals surface area contributed by atoms with Crippen molar-refractivity contribution in [3.05, 3.63) is 55.4 Å². The zero-order valence-corrected chi connectivity index (χ0v) is 17.8. The van der Waals surface area contributed by atoms with Crippen molar-refractivity contribution in [2.45, 2.75) is 50.1 Å². The molecule has 7 nitrogen and oxygen atoms in total. The number of rotatable bonds is 4. The number of allylic oxidation sites excluding steroid dienone is 1. The quantitative estimate of drug-likeness (QED) is 0.647. The molecule has 2 saturated heterocycles. The second-order valence-corrected chi connectivity index (χ2v) is 9.21. The lowest BCUT2D eigenvalue weighted by Gasteiger charge is -2.44. The van der Waals surface area contributed by atoms with Gasteiger partial charge >= 0.3 is 0 Å². The number of benzene rings is 1. The number of fused-ring (bicyclic) bond motifs is 2. The van der Waals surface area contributed by atoms with Gasteiger partial charge in [0.2, 0.25) is 0 Å². The molecule has 5 rings (SSSR count). The van der Waals surface area contributed by atoms with E-state index in [1.807, 2.05) is 0 Å². The summed E-state index contributed by atoms with van der Waals surface area (Å²) in [5, 5.41) is 21.9. The smallest absolute Gasteiger partial charge is 0.185 e. The largest absolute Gasteiger partial charge is 0.507 e. The van der Waals surface area contributed by atoms with Gasteiger partial charge in [-0.2, -0.15) is 0 Å². The number of aromatic nitrogens is 5. The van der Waals surface area contributed by atoms with E-state index in [4.69, 9.17) is 0 Å². The van der Waals surface area contributed by atoms with Crippen LogP contribution in [0.2, 0.25) is 0 Å². The minimum absolute atomic E-state index is 0.00170. The van der Waals surface area contributed by atoms with Gasteiger partial charge in [-0.15, -0.1) is 10.2 Å². The van der Waals surface area contributed by atoms with E-state index in [1.54, 1.807) is 55.3 Å². The van der Waals surface area contributed by atoms with Gasteiger partial charge in [0.05, 0.1) is 29.3 Å². The van der Waals surface area contributed by atoms with E-state index in [0.29, 0.717) is 16.8 Å². The Morgan fingerprint density at radius 1 is 1.22 bits per heavy atom. The third-order valence-electron chi connectivity index (χ3n) is 6.83. The van der Waals surface area contributed by atoms with Crippen molar-refractivity contribution in [1.82, 2.24) is 30.0 Å². The summed E-state index contributed by atoms with van der Waals surface area (Å²) in [7, 11) is 0. The Morgan fingerprint density at radius 2 is 2.03 bits per heavy atom. The number of piperidine rings is 1. The molecule has 0 aliphatic carbocycles. The molecule has 1 aromatic carbocycles. The predicted molar refractivity (Wildman–Crippen MR) is 116 cm³/mol. The normalized spacial score (nSPS) is 31.6. The number of imidazole rings is 1. The Bertz CT molecular complexity index is 1170. The molecule has 2 aliphatic rings. The van der Waals surface area contributed by atoms with Gasteiger partial charge in [-0.1, -0.05) is 6.58 Å². The van der Waals surface area contributed by atoms with Crippen molar-refractivity contribution in [1.29, 1.82) is 0 Å². The third kappa shape index (κ3) is 3.19. The van der Waals surface area contributed by atoms with E-state index in [-0.39, 0.29) is 24.4 Å². The van der Waals surface area contributed by atoms with E-state index in [1.165, 1.54) is 6.20 Å². The zero-order chi connectivity index (χ0) is 22.7. The number of phenols is 1. The van der Waals surface area contributed by atoms with E-state index >= 15 is 4.39 Å². The van der Waals surface area contributed by atoms with Crippen molar-refractivity contribution in [2.75, 3.05) is 0 Å². The Hall–Kier alpha value is -3.20. The van der Waals surface area contributed by atoms with Crippen molar-refractivity contribution in [3.63, 3.8) is 0 Å². The minimum atomic E-state index is -1.30. The molecule has 32 heavy (non-hydrogen) atoms. The number of nitrogens with one attached hydrogen (secondary N) is 1. The van der Waals surface area contributed by atoms with Crippen LogP contribution in [0, 0.1) is 5.92 Å². The number of phenolic OH excluding ortho intramolecular Hbond substituents is 1. The fourth-order valence-electron chi connectivity index (χ4n) is 5.06. The van der Waals surface area contributed by atoms with Crippen LogP contribution in [0.15, 0.2) is 49.7 Å². The van der Waals surface area contributed by atoms with Crippen molar-refractivity contribution in [2.24, 2.45) is 5.92 Å². The molecule has 4 heterocycles. The molecule has 2 bridgehead atoms. The highest BCUT2D eigenvalue weighted by atomic mass is 19.1. The molecule has 0 spiro atoms. The molecule has 3 aromatic rings. The van der Waals surface area contributed by atoms with Crippen LogP contribution in [0.1, 0.15) is 32.4 Å². The second kappa shape index (κ2) is 7.16. The van der Waals surface area contributed by atoms with E-state index in [9.17, 15) is 9.50 Å². The molecule has 166 valence electrons. The molecule has 0 saturated carbocycles. The van der Waals surface area contributed by atoms with E-state index < -0.39 is 29.3 Å². The highest BCUT2D eigenvalue weighted by Gasteiger charge is 2.61. The van der Waals surface area contributed by atoms with Gasteiger partial charge in [0.1, 0.15) is 23.8 Å². The van der Waals surface area contributed by atoms with Crippen LogP contribution in [-0.4, -0.2) is 53.3 Å². The summed E-state index contributed by atoms with van der Waals surface area (Å²) in [6.07, 6.45) is 4.51. The van der Waals surface area contributed by atoms with Gasteiger partial charge in [-0.05, 0) is 38.0 Å². The molecule has 0 unspecified atom stereocenters. The average molecular weight is 438 g/mol. The predicted octanol–water partition coefficient (Wildman–Crippen LogP) is 3.65. The van der Waals surface area contributed by atoms with Gasteiger partial charge in [-0.25, -0.2) is 18.7 Å². The van der Waals surface area contributed by atoms with Crippen LogP contribution >= 0.6 is 0 Å². The summed E-state index contributed by atoms with van der Waals surface area (Å²) in [6.45, 7) is 7.56. The first-order valence-electron chi connectivity index (χ1n) is 10.5. The fourth-order valence-corrected chi connectivity index (χ4v) is 5.06. The number of nitrogens with zero attached hydrogens (tertiary/aromatic N) is 5. The summed E-state index contributed by atoms with van der Waals surface area (Å²) < 4.78 is 31.7. The molecule has 2 N–H and O–H groups in total. The van der Waals surface area contributed by atoms with Gasteiger partial charge < -0.3 is 15.0 Å². The standard InChI is InChI=1S/C23H24F2N6O/c1-13(16-9-22(2)19(24)10-23(3,30-22)20(16)25)17-11-27-21(29-28-17)15-5-4-14(8-18(15)32)31-7-6-26-12-31/h4-8,11-12,16,19-20,30,32H,1,9-10H2,2-3H3/t16-,19+,20-,22-,23-/m0/s1. The first-order chi connectivity index (χ1) is 15.2. The van der Waals surface area contributed by atoms with Crippen LogP contribution < -0.4 is 5.32 Å². The SMILES string of the molecule is C=C(c1cnc(-c2ccc(-n3ccnc3)cc2O)nn1)[C@@H]1C[C@]2(C)N[C@@](C)(C[C@H]2F)[C@H]1F. The molecule has 2 fully saturated rings. The molecular formula is C23H24F2N6O. The van der Waals surface area contributed by atoms with Crippen molar-refractivity contribution in [3.8, 4) is 22.8 Å². The second-order valence-electron chi connectivity index (χ2n) is 9.21. The molecule has 5 atom stereocenters. The van der Waals surface area contributed by atoms with Gasteiger partial charge in [0, 0.05) is 36.3 Å². The summed E-state index contributed by atoms with van der Waals surface area (Å²) in [6, 6.07) is 5.09. The number of hydrogen-bond donors (Lipinski definition) is 2. The molecule has 2 aliphatic heterocycles. The van der Waals surface area contributed by atoms with Crippen LogP contribution in [0.5, 0.6) is 5.75 Å². The van der Waals surface area contributed by atoms with Crippen LogP contribution in [0.25, 0.3) is 22.6 Å². The fraction of sp³-hybridized carbons (Fsp3) is 0.391. The Kier molecular flexibility index (Phi) is 4.63. The third-order valence-corrected chi connectivity index (χ3v) is 6.83. The first kappa shape index (κ1) is 20.7. The lowest BCUT2D eigenvalue weighted by Crippen LogP contribution is -2.61. The van der Waals surface area contributed by atoms with Crippen LogP contribution in [-0.2, 0) is 0 Å². The number of aromatic hydroxyl groups is 1. The van der Waals surface area contributed by atoms with Crippen LogP contribution in [0.3, 0.4) is 0 Å². The highest BCUT2D eigenvalue weighted by Crippen LogP contribution is 2.50. The highest BCUT2D eigenvalue weighted by molar-refractivity contribution is 5.67. The summed E-state index contributed by atoms with van der Waals surface area (Å²) in [5.74, 6) is -0.351. The lowest BCUT2D eigenvalue weighted by atomic mass is 9.75. The first-order valence-corrected chi connectivity index (χ1v) is 10.5. The van der Waals surface area contributed by atoms with Crippen molar-refractivity contribution < 1.29 is 13.9 Å². The molecular weight excluding hydrogens is 414 g/mol. The number of halogens is 2. The number of alkyl halides is 2. The van der Waals surface area contributed by atoms with E-state index in [2.05, 4.69) is 32.1 Å². The lowest BCUT2D eigenvalue weighted by molar-refractivity contribution is 0.0708. The Labute approximate surface area is 184 Å². The summed E-state index contributed by atoms with van der Waals surface area (Å²) >= 11 is 0. The average Bonchev–Trinajstić information content (AvgIpc) is 3.37. The van der Waals surface area contributed by atoms with Crippen molar-refractivity contribution >= 4 is 5.57 Å². The van der Waals surface area contributed by atoms with Gasteiger partial charge in [0.25, 0.3) is 0 Å². The monoisotopic (exact) mass is 438 g/mol. The zero-order valence-electron chi connectivity index (χ0n) is 17.8. The molecule has 0 radical (unpaired) electrons. The molecule has 9 heteroatoms.